The zero-order valence-electron chi connectivity index (χ0n) is 13.1. The van der Waals surface area contributed by atoms with Crippen LogP contribution in [-0.2, 0) is 4.74 Å². The Balaban J connectivity index is 1.41. The number of nitrogen functional groups attached to an aromatic ring is 1. The fraction of sp³-hybridized carbons (Fsp3) is 0.222. The molecule has 1 heterocycles. The number of carbonyl (C=O) groups is 2. The Kier molecular flexibility index (Phi) is 4.77. The Morgan fingerprint density at radius 2 is 1.46 bits per heavy atom. The topological polar surface area (TPSA) is 81.9 Å². The molecule has 124 valence electrons. The first-order valence-electron chi connectivity index (χ1n) is 7.69. The third-order valence-electron chi connectivity index (χ3n) is 3.74. The van der Waals surface area contributed by atoms with E-state index in [1.807, 2.05) is 12.1 Å². The monoisotopic (exact) mass is 326 g/mol. The lowest BCUT2D eigenvalue weighted by molar-refractivity contribution is 0.0528. The quantitative estimate of drug-likeness (QED) is 0.478. The molecular formula is C18H18N2O4. The van der Waals surface area contributed by atoms with Crippen LogP contribution in [0.2, 0.25) is 0 Å². The maximum atomic E-state index is 12.2. The molecule has 2 amide bonds. The summed E-state index contributed by atoms with van der Waals surface area (Å²) in [5, 5.41) is 0. The van der Waals surface area contributed by atoms with E-state index in [0.717, 1.165) is 0 Å². The van der Waals surface area contributed by atoms with E-state index in [1.165, 1.54) is 4.90 Å². The van der Waals surface area contributed by atoms with E-state index in [1.54, 1.807) is 36.4 Å². The second-order valence-corrected chi connectivity index (χ2v) is 5.31. The first-order chi connectivity index (χ1) is 11.7. The average Bonchev–Trinajstić information content (AvgIpc) is 2.84. The van der Waals surface area contributed by atoms with Crippen molar-refractivity contribution < 1.29 is 19.1 Å². The molecule has 1 aliphatic rings. The molecule has 0 radical (unpaired) electrons. The number of hydrogen-bond donors (Lipinski definition) is 1. The highest BCUT2D eigenvalue weighted by Crippen LogP contribution is 2.22. The highest BCUT2D eigenvalue weighted by atomic mass is 16.5. The Morgan fingerprint density at radius 1 is 0.833 bits per heavy atom. The molecule has 0 saturated carbocycles. The summed E-state index contributed by atoms with van der Waals surface area (Å²) in [5.74, 6) is 0.0708. The van der Waals surface area contributed by atoms with Gasteiger partial charge in [0, 0.05) is 0 Å². The predicted octanol–water partition coefficient (Wildman–Crippen LogP) is 1.96. The number of carbonyl (C=O) groups excluding carboxylic acids is 2. The number of amides is 2. The second kappa shape index (κ2) is 7.14. The van der Waals surface area contributed by atoms with Gasteiger partial charge in [0.2, 0.25) is 0 Å². The highest BCUT2D eigenvalue weighted by molar-refractivity contribution is 6.21. The van der Waals surface area contributed by atoms with Crippen LogP contribution in [0.5, 0.6) is 5.75 Å². The molecule has 0 saturated heterocycles. The molecule has 2 aromatic carbocycles. The summed E-state index contributed by atoms with van der Waals surface area (Å²) in [5.41, 5.74) is 7.24. The number of rotatable bonds is 7. The second-order valence-electron chi connectivity index (χ2n) is 5.31. The molecule has 0 fully saturated rings. The van der Waals surface area contributed by atoms with Crippen molar-refractivity contribution in [1.82, 2.24) is 4.90 Å². The van der Waals surface area contributed by atoms with Gasteiger partial charge in [-0.3, -0.25) is 14.5 Å². The van der Waals surface area contributed by atoms with Gasteiger partial charge >= 0.3 is 0 Å². The molecule has 0 atom stereocenters. The van der Waals surface area contributed by atoms with Crippen LogP contribution in [0.1, 0.15) is 20.7 Å². The number of nitrogens with two attached hydrogens (primary N) is 1. The number of hydrogen-bond acceptors (Lipinski definition) is 5. The number of ether oxygens (including phenoxy) is 2. The van der Waals surface area contributed by atoms with E-state index in [2.05, 4.69) is 0 Å². The minimum atomic E-state index is -0.271. The Labute approximate surface area is 139 Å². The van der Waals surface area contributed by atoms with Crippen LogP contribution in [-0.4, -0.2) is 43.1 Å². The van der Waals surface area contributed by atoms with Crippen LogP contribution in [0.4, 0.5) is 5.69 Å². The van der Waals surface area contributed by atoms with Crippen molar-refractivity contribution in [3.05, 3.63) is 59.7 Å². The van der Waals surface area contributed by atoms with Gasteiger partial charge in [-0.05, 0) is 24.3 Å². The third kappa shape index (κ3) is 3.23. The molecular weight excluding hydrogens is 308 g/mol. The van der Waals surface area contributed by atoms with Crippen LogP contribution in [0.25, 0.3) is 0 Å². The van der Waals surface area contributed by atoms with E-state index in [-0.39, 0.29) is 25.0 Å². The van der Waals surface area contributed by atoms with E-state index < -0.39 is 0 Å². The van der Waals surface area contributed by atoms with Gasteiger partial charge in [-0.1, -0.05) is 24.3 Å². The molecule has 0 aromatic heterocycles. The lowest BCUT2D eigenvalue weighted by atomic mass is 10.1. The van der Waals surface area contributed by atoms with Crippen molar-refractivity contribution in [3.8, 4) is 5.75 Å². The van der Waals surface area contributed by atoms with Crippen LogP contribution in [0, 0.1) is 0 Å². The standard InChI is InChI=1S/C18H18N2O4/c19-15-7-3-4-8-16(15)24-12-11-23-10-9-20-17(21)13-5-1-2-6-14(13)18(20)22/h1-8H,9-12,19H2. The number of nitrogens with zero attached hydrogens (tertiary/aromatic N) is 1. The summed E-state index contributed by atoms with van der Waals surface area (Å²) in [6.07, 6.45) is 0. The lowest BCUT2D eigenvalue weighted by Gasteiger charge is -2.14. The predicted molar refractivity (Wildman–Crippen MR) is 89.0 cm³/mol. The highest BCUT2D eigenvalue weighted by Gasteiger charge is 2.34. The maximum Gasteiger partial charge on any atom is 0.261 e. The average molecular weight is 326 g/mol. The van der Waals surface area contributed by atoms with E-state index >= 15 is 0 Å². The summed E-state index contributed by atoms with van der Waals surface area (Å²) in [6.45, 7) is 1.17. The van der Waals surface area contributed by atoms with Gasteiger partial charge in [0.1, 0.15) is 12.4 Å². The van der Waals surface area contributed by atoms with E-state index in [0.29, 0.717) is 35.8 Å². The van der Waals surface area contributed by atoms with E-state index in [9.17, 15) is 9.59 Å². The Bertz CT molecular complexity index is 725. The zero-order chi connectivity index (χ0) is 16.9. The van der Waals surface area contributed by atoms with E-state index in [4.69, 9.17) is 15.2 Å². The molecule has 0 bridgehead atoms. The maximum absolute atomic E-state index is 12.2. The SMILES string of the molecule is Nc1ccccc1OCCOCCN1C(=O)c2ccccc2C1=O. The van der Waals surface area contributed by atoms with Gasteiger partial charge in [-0.25, -0.2) is 0 Å². The fourth-order valence-corrected chi connectivity index (χ4v) is 2.52. The molecule has 6 nitrogen and oxygen atoms in total. The third-order valence-corrected chi connectivity index (χ3v) is 3.74. The molecule has 3 rings (SSSR count). The van der Waals surface area contributed by atoms with Gasteiger partial charge in [-0.15, -0.1) is 0 Å². The number of imide groups is 1. The van der Waals surface area contributed by atoms with Gasteiger partial charge in [0.25, 0.3) is 11.8 Å². The fourth-order valence-electron chi connectivity index (χ4n) is 2.52. The van der Waals surface area contributed by atoms with Crippen molar-refractivity contribution in [2.75, 3.05) is 32.1 Å². The van der Waals surface area contributed by atoms with Crippen molar-refractivity contribution in [2.45, 2.75) is 0 Å². The van der Waals surface area contributed by atoms with Crippen molar-refractivity contribution in [3.63, 3.8) is 0 Å². The first-order valence-corrected chi connectivity index (χ1v) is 7.69. The van der Waals surface area contributed by atoms with Crippen LogP contribution in [0.3, 0.4) is 0 Å². The summed E-state index contributed by atoms with van der Waals surface area (Å²) in [7, 11) is 0. The summed E-state index contributed by atoms with van der Waals surface area (Å²) in [4.78, 5) is 25.5. The molecule has 1 aliphatic heterocycles. The van der Waals surface area contributed by atoms with Crippen molar-refractivity contribution in [1.29, 1.82) is 0 Å². The van der Waals surface area contributed by atoms with Crippen LogP contribution in [0.15, 0.2) is 48.5 Å². The van der Waals surface area contributed by atoms with Crippen LogP contribution < -0.4 is 10.5 Å². The minimum Gasteiger partial charge on any atom is -0.489 e. The largest absolute Gasteiger partial charge is 0.489 e. The van der Waals surface area contributed by atoms with Gasteiger partial charge < -0.3 is 15.2 Å². The number of benzene rings is 2. The molecule has 0 spiro atoms. The number of anilines is 1. The molecule has 6 heteroatoms. The first kappa shape index (κ1) is 16.0. The minimum absolute atomic E-state index is 0.222. The van der Waals surface area contributed by atoms with Gasteiger partial charge in [-0.2, -0.15) is 0 Å². The lowest BCUT2D eigenvalue weighted by Crippen LogP contribution is -2.33. The van der Waals surface area contributed by atoms with Gasteiger partial charge in [0.05, 0.1) is 36.6 Å². The molecule has 0 aliphatic carbocycles. The summed E-state index contributed by atoms with van der Waals surface area (Å²) < 4.78 is 10.9. The van der Waals surface area contributed by atoms with Crippen molar-refractivity contribution in [2.24, 2.45) is 0 Å². The molecule has 2 N–H and O–H groups in total. The number of fused-ring (bicyclic) bond motifs is 1. The zero-order valence-corrected chi connectivity index (χ0v) is 13.1. The number of para-hydroxylation sites is 2. The Hall–Kier alpha value is -2.86. The van der Waals surface area contributed by atoms with Crippen LogP contribution >= 0.6 is 0 Å². The van der Waals surface area contributed by atoms with Gasteiger partial charge in [0.15, 0.2) is 0 Å². The summed E-state index contributed by atoms with van der Waals surface area (Å²) >= 11 is 0. The molecule has 24 heavy (non-hydrogen) atoms. The summed E-state index contributed by atoms with van der Waals surface area (Å²) in [6, 6.07) is 14.0. The smallest absolute Gasteiger partial charge is 0.261 e. The Morgan fingerprint density at radius 3 is 2.12 bits per heavy atom. The van der Waals surface area contributed by atoms with Crippen molar-refractivity contribution >= 4 is 17.5 Å². The molecule has 0 unspecified atom stereocenters. The molecule has 2 aromatic rings. The normalized spacial score (nSPS) is 13.2.